The monoisotopic (exact) mass is 282 g/mol. The lowest BCUT2D eigenvalue weighted by molar-refractivity contribution is 0.0999. The van der Waals surface area contributed by atoms with Crippen molar-refractivity contribution >= 4 is 29.1 Å². The normalized spacial score (nSPS) is 10.3. The number of amides is 1. The van der Waals surface area contributed by atoms with Gasteiger partial charge >= 0.3 is 0 Å². The van der Waals surface area contributed by atoms with E-state index in [4.69, 9.17) is 28.9 Å². The second-order valence-electron chi connectivity index (χ2n) is 3.55. The highest BCUT2D eigenvalue weighted by Crippen LogP contribution is 2.34. The van der Waals surface area contributed by atoms with Gasteiger partial charge < -0.3 is 10.7 Å². The number of aromatic amines is 1. The van der Waals surface area contributed by atoms with Crippen LogP contribution >= 0.6 is 23.2 Å². The lowest BCUT2D eigenvalue weighted by Gasteiger charge is -2.09. The molecule has 2 rings (SSSR count). The zero-order valence-electron chi connectivity index (χ0n) is 9.04. The highest BCUT2D eigenvalue weighted by molar-refractivity contribution is 6.39. The van der Waals surface area contributed by atoms with Crippen molar-refractivity contribution in [3.63, 3.8) is 0 Å². The van der Waals surface area contributed by atoms with Crippen molar-refractivity contribution < 1.29 is 4.79 Å². The Kier molecular flexibility index (Phi) is 3.41. The van der Waals surface area contributed by atoms with Crippen LogP contribution in [0.5, 0.6) is 0 Å². The number of aromatic nitrogens is 1. The Morgan fingerprint density at radius 1 is 1.17 bits per heavy atom. The summed E-state index contributed by atoms with van der Waals surface area (Å²) in [4.78, 5) is 25.8. The molecule has 0 unspecified atom stereocenters. The molecule has 0 aliphatic rings. The Morgan fingerprint density at radius 2 is 1.78 bits per heavy atom. The van der Waals surface area contributed by atoms with Gasteiger partial charge in [0, 0.05) is 17.8 Å². The van der Waals surface area contributed by atoms with Crippen LogP contribution in [0, 0.1) is 0 Å². The van der Waals surface area contributed by atoms with Crippen LogP contribution in [0.3, 0.4) is 0 Å². The van der Waals surface area contributed by atoms with E-state index < -0.39 is 11.3 Å². The summed E-state index contributed by atoms with van der Waals surface area (Å²) in [5, 5.41) is 0.652. The number of halogens is 2. The molecule has 18 heavy (non-hydrogen) atoms. The second-order valence-corrected chi connectivity index (χ2v) is 4.37. The molecule has 0 aliphatic carbocycles. The maximum absolute atomic E-state index is 11.7. The van der Waals surface area contributed by atoms with E-state index in [2.05, 4.69) is 4.98 Å². The van der Waals surface area contributed by atoms with E-state index in [-0.39, 0.29) is 11.3 Å². The minimum Gasteiger partial charge on any atom is -0.365 e. The summed E-state index contributed by atoms with van der Waals surface area (Å²) in [6.45, 7) is 0. The number of H-pyrrole nitrogens is 1. The zero-order valence-corrected chi connectivity index (χ0v) is 10.5. The van der Waals surface area contributed by atoms with Crippen LogP contribution < -0.4 is 11.2 Å². The van der Waals surface area contributed by atoms with Gasteiger partial charge in [-0.25, -0.2) is 0 Å². The van der Waals surface area contributed by atoms with Crippen LogP contribution in [0.1, 0.15) is 10.4 Å². The third kappa shape index (κ3) is 2.12. The fourth-order valence-electron chi connectivity index (χ4n) is 1.66. The fourth-order valence-corrected chi connectivity index (χ4v) is 2.24. The molecule has 1 amide bonds. The molecule has 0 fully saturated rings. The van der Waals surface area contributed by atoms with Crippen molar-refractivity contribution in [1.29, 1.82) is 0 Å². The van der Waals surface area contributed by atoms with Gasteiger partial charge in [0.2, 0.25) is 0 Å². The molecule has 92 valence electrons. The van der Waals surface area contributed by atoms with Crippen molar-refractivity contribution in [2.45, 2.75) is 0 Å². The second kappa shape index (κ2) is 4.84. The first-order valence-corrected chi connectivity index (χ1v) is 5.74. The van der Waals surface area contributed by atoms with Crippen molar-refractivity contribution in [3.05, 3.63) is 56.3 Å². The van der Waals surface area contributed by atoms with Gasteiger partial charge in [0.1, 0.15) is 5.56 Å². The molecule has 2 aromatic rings. The molecule has 0 radical (unpaired) electrons. The minimum atomic E-state index is -0.831. The molecule has 0 bridgehead atoms. The number of nitrogens with two attached hydrogens (primary N) is 1. The number of pyridine rings is 1. The topological polar surface area (TPSA) is 76.0 Å². The van der Waals surface area contributed by atoms with E-state index in [0.717, 1.165) is 0 Å². The first kappa shape index (κ1) is 12.7. The van der Waals surface area contributed by atoms with Crippen molar-refractivity contribution in [1.82, 2.24) is 4.98 Å². The Balaban J connectivity index is 2.84. The Bertz CT molecular complexity index is 660. The Morgan fingerprint density at radius 3 is 2.33 bits per heavy atom. The molecule has 1 aromatic carbocycles. The molecule has 6 heteroatoms. The van der Waals surface area contributed by atoms with E-state index in [9.17, 15) is 9.59 Å². The van der Waals surface area contributed by atoms with Crippen LogP contribution in [0.2, 0.25) is 10.0 Å². The smallest absolute Gasteiger partial charge is 0.254 e. The van der Waals surface area contributed by atoms with Gasteiger partial charge in [0.15, 0.2) is 5.43 Å². The molecule has 0 saturated carbocycles. The number of benzene rings is 1. The van der Waals surface area contributed by atoms with Gasteiger partial charge in [0.05, 0.1) is 15.7 Å². The third-order valence-corrected chi connectivity index (χ3v) is 3.05. The highest BCUT2D eigenvalue weighted by Gasteiger charge is 2.18. The largest absolute Gasteiger partial charge is 0.365 e. The first-order chi connectivity index (χ1) is 8.52. The van der Waals surface area contributed by atoms with Crippen molar-refractivity contribution in [2.75, 3.05) is 0 Å². The Labute approximate surface area is 112 Å². The summed E-state index contributed by atoms with van der Waals surface area (Å²) >= 11 is 12.1. The van der Waals surface area contributed by atoms with E-state index >= 15 is 0 Å². The molecular formula is C12H8Cl2N2O2. The first-order valence-electron chi connectivity index (χ1n) is 4.98. The Hall–Kier alpha value is -1.78. The predicted octanol–water partition coefficient (Wildman–Crippen LogP) is 2.45. The zero-order chi connectivity index (χ0) is 13.3. The van der Waals surface area contributed by atoms with E-state index in [1.54, 1.807) is 18.2 Å². The molecule has 4 nitrogen and oxygen atoms in total. The van der Waals surface area contributed by atoms with Crippen LogP contribution in [-0.2, 0) is 0 Å². The fraction of sp³-hybridized carbons (Fsp3) is 0. The highest BCUT2D eigenvalue weighted by atomic mass is 35.5. The van der Waals surface area contributed by atoms with Gasteiger partial charge in [-0.2, -0.15) is 0 Å². The van der Waals surface area contributed by atoms with Gasteiger partial charge in [-0.1, -0.05) is 29.3 Å². The minimum absolute atomic E-state index is 0.160. The molecular weight excluding hydrogens is 275 g/mol. The molecule has 0 aliphatic heterocycles. The number of primary amides is 1. The van der Waals surface area contributed by atoms with Gasteiger partial charge in [-0.05, 0) is 12.1 Å². The lowest BCUT2D eigenvalue weighted by atomic mass is 10.0. The predicted molar refractivity (Wildman–Crippen MR) is 71.0 cm³/mol. The molecule has 0 saturated heterocycles. The lowest BCUT2D eigenvalue weighted by Crippen LogP contribution is -2.23. The quantitative estimate of drug-likeness (QED) is 0.888. The van der Waals surface area contributed by atoms with Gasteiger partial charge in [0.25, 0.3) is 5.91 Å². The summed E-state index contributed by atoms with van der Waals surface area (Å²) in [7, 11) is 0. The number of nitrogens with one attached hydrogen (secondary N) is 1. The average Bonchev–Trinajstić information content (AvgIpc) is 2.28. The summed E-state index contributed by atoms with van der Waals surface area (Å²) in [5.74, 6) is -0.831. The van der Waals surface area contributed by atoms with E-state index in [1.165, 1.54) is 12.3 Å². The van der Waals surface area contributed by atoms with Crippen LogP contribution in [0.25, 0.3) is 11.3 Å². The maximum Gasteiger partial charge on any atom is 0.254 e. The molecule has 1 aromatic heterocycles. The number of rotatable bonds is 2. The standard InChI is InChI=1S/C12H8Cl2N2O2/c13-6-2-1-3-7(14)9(6)11-10(12(15)18)8(17)4-5-16-11/h1-5H,(H2,15,18)(H,16,17). The van der Waals surface area contributed by atoms with Crippen molar-refractivity contribution in [3.8, 4) is 11.3 Å². The van der Waals surface area contributed by atoms with Crippen LogP contribution in [0.4, 0.5) is 0 Å². The summed E-state index contributed by atoms with van der Waals surface area (Å²) in [6, 6.07) is 6.10. The maximum atomic E-state index is 11.7. The van der Waals surface area contributed by atoms with Gasteiger partial charge in [-0.15, -0.1) is 0 Å². The van der Waals surface area contributed by atoms with Gasteiger partial charge in [-0.3, -0.25) is 9.59 Å². The number of hydrogen-bond donors (Lipinski definition) is 2. The molecule has 1 heterocycles. The summed E-state index contributed by atoms with van der Waals surface area (Å²) in [5.41, 5.74) is 5.18. The van der Waals surface area contributed by atoms with Crippen molar-refractivity contribution in [2.24, 2.45) is 5.73 Å². The number of carbonyl (C=O) groups excluding carboxylic acids is 1. The summed E-state index contributed by atoms with van der Waals surface area (Å²) in [6.07, 6.45) is 1.41. The average molecular weight is 283 g/mol. The van der Waals surface area contributed by atoms with E-state index in [1.807, 2.05) is 0 Å². The molecule has 0 spiro atoms. The van der Waals surface area contributed by atoms with Crippen LogP contribution in [-0.4, -0.2) is 10.9 Å². The number of hydrogen-bond acceptors (Lipinski definition) is 2. The number of carbonyl (C=O) groups is 1. The van der Waals surface area contributed by atoms with E-state index in [0.29, 0.717) is 15.6 Å². The SMILES string of the molecule is NC(=O)c1c(-c2c(Cl)cccc2Cl)[nH]ccc1=O. The molecule has 3 N–H and O–H groups in total. The third-order valence-electron chi connectivity index (χ3n) is 2.42. The summed E-state index contributed by atoms with van der Waals surface area (Å²) < 4.78 is 0. The van der Waals surface area contributed by atoms with Crippen LogP contribution in [0.15, 0.2) is 35.3 Å². The molecule has 0 atom stereocenters.